The number of carbonyl (C=O) groups excluding carboxylic acids is 1. The van der Waals surface area contributed by atoms with Crippen LogP contribution in [0.15, 0.2) is 18.3 Å². The van der Waals surface area contributed by atoms with Gasteiger partial charge in [0.15, 0.2) is 0 Å². The van der Waals surface area contributed by atoms with Crippen molar-refractivity contribution < 1.29 is 14.7 Å². The quantitative estimate of drug-likeness (QED) is 0.458. The number of halogens is 1. The fraction of sp³-hybridized carbons (Fsp3) is 0.500. The molecule has 0 spiro atoms. The highest BCUT2D eigenvalue weighted by Crippen LogP contribution is 2.02. The molecule has 8 heteroatoms. The molecule has 0 aliphatic heterocycles. The van der Waals surface area contributed by atoms with Gasteiger partial charge in [-0.15, -0.1) is 0 Å². The average Bonchev–Trinajstić information content (AvgIpc) is 2.48. The van der Waals surface area contributed by atoms with Crippen LogP contribution < -0.4 is 5.32 Å². The summed E-state index contributed by atoms with van der Waals surface area (Å²) in [6.45, 7) is 4.67. The van der Waals surface area contributed by atoms with Crippen LogP contribution in [0.3, 0.4) is 0 Å². The monoisotopic (exact) mass is 420 g/mol. The third-order valence-electron chi connectivity index (χ3n) is 3.06. The minimum Gasteiger partial charge on any atom is -0.478 e. The molecule has 1 amide bonds. The first-order valence-corrected chi connectivity index (χ1v) is 7.94. The van der Waals surface area contributed by atoms with Crippen molar-refractivity contribution in [1.82, 2.24) is 18.3 Å². The van der Waals surface area contributed by atoms with Crippen molar-refractivity contribution in [2.24, 2.45) is 0 Å². The summed E-state index contributed by atoms with van der Waals surface area (Å²) in [4.78, 5) is 28.8. The molecule has 0 bridgehead atoms. The second kappa shape index (κ2) is 9.70. The summed E-state index contributed by atoms with van der Waals surface area (Å²) in [5.41, 5.74) is 0.793. The molecule has 0 saturated heterocycles. The van der Waals surface area contributed by atoms with Gasteiger partial charge in [0.05, 0.1) is 17.8 Å². The summed E-state index contributed by atoms with van der Waals surface area (Å²) in [6.07, 6.45) is 1.46. The fourth-order valence-corrected chi connectivity index (χ4v) is 2.05. The van der Waals surface area contributed by atoms with E-state index < -0.39 is 5.97 Å². The Balaban J connectivity index is 2.43. The highest BCUT2D eigenvalue weighted by molar-refractivity contribution is 14.1. The third kappa shape index (κ3) is 6.67. The van der Waals surface area contributed by atoms with Crippen LogP contribution in [-0.4, -0.2) is 63.2 Å². The van der Waals surface area contributed by atoms with Crippen molar-refractivity contribution >= 4 is 34.7 Å². The van der Waals surface area contributed by atoms with Crippen molar-refractivity contribution in [2.75, 3.05) is 33.2 Å². The summed E-state index contributed by atoms with van der Waals surface area (Å²) in [5, 5.41) is 11.9. The number of carboxylic acid groups (broad SMARTS) is 1. The smallest absolute Gasteiger partial charge is 0.335 e. The highest BCUT2D eigenvalue weighted by Gasteiger charge is 2.11. The predicted molar refractivity (Wildman–Crippen MR) is 91.8 cm³/mol. The molecule has 0 saturated carbocycles. The van der Waals surface area contributed by atoms with Gasteiger partial charge in [0.1, 0.15) is 0 Å². The standard InChI is InChI=1S/C14H21IN4O3/c1-3-19(7-6-18(2)15)13(20)10-16-9-12-8-11(14(21)22)4-5-17-12/h4-5,8,16H,3,6-7,9-10H2,1-2H3,(H,21,22). The van der Waals surface area contributed by atoms with E-state index in [-0.39, 0.29) is 18.0 Å². The van der Waals surface area contributed by atoms with E-state index in [1.165, 1.54) is 18.3 Å². The molecule has 7 nitrogen and oxygen atoms in total. The summed E-state index contributed by atoms with van der Waals surface area (Å²) in [5.74, 6) is -0.963. The average molecular weight is 420 g/mol. The van der Waals surface area contributed by atoms with Gasteiger partial charge in [-0.05, 0) is 26.1 Å². The van der Waals surface area contributed by atoms with Crippen molar-refractivity contribution in [2.45, 2.75) is 13.5 Å². The zero-order chi connectivity index (χ0) is 16.5. The van der Waals surface area contributed by atoms with Crippen molar-refractivity contribution in [3.8, 4) is 0 Å². The number of aromatic carboxylic acids is 1. The van der Waals surface area contributed by atoms with Gasteiger partial charge in [-0.2, -0.15) is 0 Å². The number of aromatic nitrogens is 1. The molecular formula is C14H21IN4O3. The molecule has 0 aliphatic rings. The number of hydrogen-bond acceptors (Lipinski definition) is 5. The molecule has 122 valence electrons. The molecule has 0 aliphatic carbocycles. The number of amides is 1. The first kappa shape index (κ1) is 18.8. The molecule has 2 N–H and O–H groups in total. The summed E-state index contributed by atoms with van der Waals surface area (Å²) in [7, 11) is 1.96. The largest absolute Gasteiger partial charge is 0.478 e. The van der Waals surface area contributed by atoms with E-state index in [0.717, 1.165) is 6.54 Å². The van der Waals surface area contributed by atoms with E-state index in [1.807, 2.05) is 17.1 Å². The lowest BCUT2D eigenvalue weighted by Gasteiger charge is -2.22. The lowest BCUT2D eigenvalue weighted by Crippen LogP contribution is -2.40. The van der Waals surface area contributed by atoms with E-state index in [4.69, 9.17) is 5.11 Å². The van der Waals surface area contributed by atoms with Crippen LogP contribution in [0.25, 0.3) is 0 Å². The number of likely N-dealkylation sites (N-methyl/N-ethyl adjacent to an activating group) is 2. The summed E-state index contributed by atoms with van der Waals surface area (Å²) in [6, 6.07) is 2.94. The Hall–Kier alpha value is -1.26. The maximum atomic E-state index is 12.1. The van der Waals surface area contributed by atoms with Crippen LogP contribution in [0.4, 0.5) is 0 Å². The van der Waals surface area contributed by atoms with Crippen LogP contribution in [0, 0.1) is 0 Å². The van der Waals surface area contributed by atoms with E-state index in [0.29, 0.717) is 25.3 Å². The Morgan fingerprint density at radius 1 is 1.41 bits per heavy atom. The molecule has 0 unspecified atom stereocenters. The molecule has 0 radical (unpaired) electrons. The van der Waals surface area contributed by atoms with Gasteiger partial charge in [-0.3, -0.25) is 9.78 Å². The second-order valence-corrected chi connectivity index (χ2v) is 6.39. The van der Waals surface area contributed by atoms with E-state index >= 15 is 0 Å². The molecule has 0 fully saturated rings. The molecule has 1 aromatic heterocycles. The molecule has 0 atom stereocenters. The van der Waals surface area contributed by atoms with E-state index in [1.54, 1.807) is 4.90 Å². The van der Waals surface area contributed by atoms with Crippen LogP contribution in [0.5, 0.6) is 0 Å². The SMILES string of the molecule is CCN(CCN(C)I)C(=O)CNCc1cc(C(=O)O)ccn1. The van der Waals surface area contributed by atoms with Gasteiger partial charge in [-0.25, -0.2) is 7.91 Å². The molecule has 1 heterocycles. The van der Waals surface area contributed by atoms with Crippen LogP contribution in [0.2, 0.25) is 0 Å². The number of hydrogen-bond donors (Lipinski definition) is 2. The number of nitrogens with one attached hydrogen (secondary N) is 1. The predicted octanol–water partition coefficient (Wildman–Crippen LogP) is 1.000. The van der Waals surface area contributed by atoms with Gasteiger partial charge in [0.2, 0.25) is 5.91 Å². The van der Waals surface area contributed by atoms with Crippen molar-refractivity contribution in [3.05, 3.63) is 29.6 Å². The number of nitrogens with zero attached hydrogens (tertiary/aromatic N) is 3. The minimum absolute atomic E-state index is 0.0233. The summed E-state index contributed by atoms with van der Waals surface area (Å²) < 4.78 is 2.00. The molecule has 22 heavy (non-hydrogen) atoms. The van der Waals surface area contributed by atoms with Gasteiger partial charge in [-0.1, -0.05) is 0 Å². The van der Waals surface area contributed by atoms with Gasteiger partial charge in [0, 0.05) is 55.2 Å². The number of pyridine rings is 1. The molecule has 1 aromatic rings. The van der Waals surface area contributed by atoms with Crippen LogP contribution >= 0.6 is 22.9 Å². The third-order valence-corrected chi connectivity index (χ3v) is 3.54. The first-order chi connectivity index (χ1) is 10.4. The highest BCUT2D eigenvalue weighted by atomic mass is 127. The lowest BCUT2D eigenvalue weighted by molar-refractivity contribution is -0.130. The minimum atomic E-state index is -0.986. The molecule has 1 rings (SSSR count). The van der Waals surface area contributed by atoms with Crippen LogP contribution in [0.1, 0.15) is 23.0 Å². The topological polar surface area (TPSA) is 85.8 Å². The van der Waals surface area contributed by atoms with Gasteiger partial charge < -0.3 is 15.3 Å². The Kier molecular flexibility index (Phi) is 8.28. The maximum absolute atomic E-state index is 12.1. The number of carboxylic acids is 1. The first-order valence-electron chi connectivity index (χ1n) is 6.97. The Labute approximate surface area is 144 Å². The molecule has 0 aromatic carbocycles. The zero-order valence-electron chi connectivity index (χ0n) is 12.8. The Bertz CT molecular complexity index is 511. The van der Waals surface area contributed by atoms with Crippen molar-refractivity contribution in [1.29, 1.82) is 0 Å². The van der Waals surface area contributed by atoms with E-state index in [9.17, 15) is 9.59 Å². The fourth-order valence-electron chi connectivity index (χ4n) is 1.83. The van der Waals surface area contributed by atoms with Gasteiger partial charge >= 0.3 is 5.97 Å². The lowest BCUT2D eigenvalue weighted by atomic mass is 10.2. The second-order valence-electron chi connectivity index (χ2n) is 4.75. The van der Waals surface area contributed by atoms with Crippen molar-refractivity contribution in [3.63, 3.8) is 0 Å². The Morgan fingerprint density at radius 2 is 2.14 bits per heavy atom. The summed E-state index contributed by atoms with van der Waals surface area (Å²) >= 11 is 2.18. The Morgan fingerprint density at radius 3 is 2.73 bits per heavy atom. The van der Waals surface area contributed by atoms with E-state index in [2.05, 4.69) is 33.2 Å². The molecular weight excluding hydrogens is 399 g/mol. The maximum Gasteiger partial charge on any atom is 0.335 e. The normalized spacial score (nSPS) is 10.7. The zero-order valence-corrected chi connectivity index (χ0v) is 14.9. The number of carbonyl (C=O) groups is 2. The van der Waals surface area contributed by atoms with Crippen LogP contribution in [-0.2, 0) is 11.3 Å². The number of rotatable bonds is 9. The van der Waals surface area contributed by atoms with Gasteiger partial charge in [0.25, 0.3) is 0 Å².